The number of ketones is 1. The molecule has 0 radical (unpaired) electrons. The maximum absolute atomic E-state index is 13.8. The van der Waals surface area contributed by atoms with Crippen LogP contribution in [0, 0.1) is 15.9 Å². The molecule has 1 aliphatic heterocycles. The highest BCUT2D eigenvalue weighted by molar-refractivity contribution is 6.01. The number of anilines is 1. The van der Waals surface area contributed by atoms with E-state index in [9.17, 15) is 24.1 Å². The first-order valence-corrected chi connectivity index (χ1v) is 8.98. The zero-order valence-corrected chi connectivity index (χ0v) is 15.7. The fraction of sp³-hybridized carbons (Fsp3) is 0.300. The molecule has 0 N–H and O–H groups in total. The molecule has 0 unspecified atom stereocenters. The normalized spacial score (nSPS) is 13.2. The summed E-state index contributed by atoms with van der Waals surface area (Å²) in [7, 11) is 1.30. The number of carbonyl (C=O) groups excluding carboxylic acids is 2. The average molecular weight is 402 g/mol. The summed E-state index contributed by atoms with van der Waals surface area (Å²) in [5.74, 6) is -2.17. The highest BCUT2D eigenvalue weighted by Gasteiger charge is 2.24. The second-order valence-corrected chi connectivity index (χ2v) is 6.50. The number of methoxy groups -OCH3 is 1. The Morgan fingerprint density at radius 1 is 1.17 bits per heavy atom. The molecule has 8 nitrogen and oxygen atoms in total. The van der Waals surface area contributed by atoms with E-state index in [1.54, 1.807) is 0 Å². The third kappa shape index (κ3) is 4.50. The fourth-order valence-electron chi connectivity index (χ4n) is 3.17. The smallest absolute Gasteiger partial charge is 0.340 e. The van der Waals surface area contributed by atoms with Crippen LogP contribution in [0.5, 0.6) is 5.75 Å². The number of non-ortho nitro benzene ring substituents is 1. The van der Waals surface area contributed by atoms with E-state index in [-0.39, 0.29) is 22.6 Å². The number of benzene rings is 2. The SMILES string of the molecule is COc1ccc(C(=O)COC(=O)c2cc([N+](=O)[O-])ccc2N2CCCC2)cc1F. The molecule has 1 saturated heterocycles. The van der Waals surface area contributed by atoms with E-state index in [0.29, 0.717) is 5.69 Å². The van der Waals surface area contributed by atoms with Gasteiger partial charge in [0.2, 0.25) is 0 Å². The van der Waals surface area contributed by atoms with Gasteiger partial charge in [-0.15, -0.1) is 0 Å². The lowest BCUT2D eigenvalue weighted by Crippen LogP contribution is -2.22. The first kappa shape index (κ1) is 20.2. The number of Topliss-reactive ketones (excluding diaryl/α,β-unsaturated/α-hetero) is 1. The zero-order valence-electron chi connectivity index (χ0n) is 15.7. The molecule has 2 aromatic rings. The average Bonchev–Trinajstić information content (AvgIpc) is 3.25. The Bertz CT molecular complexity index is 956. The van der Waals surface area contributed by atoms with E-state index in [0.717, 1.165) is 38.1 Å². The lowest BCUT2D eigenvalue weighted by molar-refractivity contribution is -0.384. The Morgan fingerprint density at radius 2 is 1.90 bits per heavy atom. The van der Waals surface area contributed by atoms with Crippen molar-refractivity contribution in [3.8, 4) is 5.75 Å². The molecule has 3 rings (SSSR count). The van der Waals surface area contributed by atoms with Crippen molar-refractivity contribution < 1.29 is 28.4 Å². The molecule has 1 fully saturated rings. The van der Waals surface area contributed by atoms with Gasteiger partial charge in [-0.1, -0.05) is 0 Å². The minimum absolute atomic E-state index is 0.00889. The molecule has 0 amide bonds. The second-order valence-electron chi connectivity index (χ2n) is 6.50. The van der Waals surface area contributed by atoms with Crippen LogP contribution in [0.15, 0.2) is 36.4 Å². The van der Waals surface area contributed by atoms with Crippen LogP contribution in [-0.2, 0) is 4.74 Å². The molecule has 29 heavy (non-hydrogen) atoms. The standard InChI is InChI=1S/C20H19FN2O6/c1-28-19-7-4-13(10-16(19)21)18(24)12-29-20(25)15-11-14(23(26)27)5-6-17(15)22-8-2-3-9-22/h4-7,10-11H,2-3,8-9,12H2,1H3. The number of nitro groups is 1. The molecule has 0 bridgehead atoms. The van der Waals surface area contributed by atoms with Crippen molar-refractivity contribution in [3.63, 3.8) is 0 Å². The topological polar surface area (TPSA) is 99.0 Å². The highest BCUT2D eigenvalue weighted by Crippen LogP contribution is 2.29. The Hall–Kier alpha value is -3.49. The second kappa shape index (κ2) is 8.68. The number of rotatable bonds is 7. The number of nitrogens with zero attached hydrogens (tertiary/aromatic N) is 2. The van der Waals surface area contributed by atoms with E-state index in [4.69, 9.17) is 9.47 Å². The summed E-state index contributed by atoms with van der Waals surface area (Å²) in [5.41, 5.74) is 0.328. The van der Waals surface area contributed by atoms with Crippen molar-refractivity contribution in [1.82, 2.24) is 0 Å². The molecule has 0 aliphatic carbocycles. The number of hydrogen-bond acceptors (Lipinski definition) is 7. The molecule has 0 saturated carbocycles. The van der Waals surface area contributed by atoms with E-state index in [2.05, 4.69) is 0 Å². The predicted octanol–water partition coefficient (Wildman–Crippen LogP) is 3.38. The number of halogens is 1. The van der Waals surface area contributed by atoms with Crippen LogP contribution in [0.25, 0.3) is 0 Å². The summed E-state index contributed by atoms with van der Waals surface area (Å²) in [6, 6.07) is 7.65. The third-order valence-corrected chi connectivity index (χ3v) is 4.67. The van der Waals surface area contributed by atoms with Crippen LogP contribution in [-0.4, -0.2) is 43.5 Å². The van der Waals surface area contributed by atoms with Gasteiger partial charge in [0.1, 0.15) is 0 Å². The largest absolute Gasteiger partial charge is 0.494 e. The maximum atomic E-state index is 13.8. The van der Waals surface area contributed by atoms with Gasteiger partial charge in [0.15, 0.2) is 24.0 Å². The van der Waals surface area contributed by atoms with Crippen LogP contribution >= 0.6 is 0 Å². The Labute approximate surface area is 166 Å². The van der Waals surface area contributed by atoms with Crippen LogP contribution < -0.4 is 9.64 Å². The number of esters is 1. The van der Waals surface area contributed by atoms with Gasteiger partial charge in [0.05, 0.1) is 23.3 Å². The Kier molecular flexibility index (Phi) is 6.06. The molecule has 0 aromatic heterocycles. The lowest BCUT2D eigenvalue weighted by Gasteiger charge is -2.20. The van der Waals surface area contributed by atoms with E-state index < -0.39 is 29.1 Å². The molecule has 1 heterocycles. The van der Waals surface area contributed by atoms with Crippen LogP contribution in [0.4, 0.5) is 15.8 Å². The van der Waals surface area contributed by atoms with Gasteiger partial charge < -0.3 is 14.4 Å². The minimum atomic E-state index is -0.849. The Balaban J connectivity index is 1.77. The van der Waals surface area contributed by atoms with Crippen LogP contribution in [0.1, 0.15) is 33.6 Å². The van der Waals surface area contributed by atoms with E-state index in [1.807, 2.05) is 4.90 Å². The van der Waals surface area contributed by atoms with Gasteiger partial charge in [-0.25, -0.2) is 9.18 Å². The first-order valence-electron chi connectivity index (χ1n) is 8.98. The summed E-state index contributed by atoms with van der Waals surface area (Å²) in [4.78, 5) is 37.3. The summed E-state index contributed by atoms with van der Waals surface area (Å²) in [6.07, 6.45) is 1.90. The monoisotopic (exact) mass is 402 g/mol. The molecule has 152 valence electrons. The lowest BCUT2D eigenvalue weighted by atomic mass is 10.1. The van der Waals surface area contributed by atoms with Crippen LogP contribution in [0.3, 0.4) is 0 Å². The minimum Gasteiger partial charge on any atom is -0.494 e. The molecular formula is C20H19FN2O6. The highest BCUT2D eigenvalue weighted by atomic mass is 19.1. The van der Waals surface area contributed by atoms with E-state index >= 15 is 0 Å². The molecule has 9 heteroatoms. The van der Waals surface area contributed by atoms with Crippen molar-refractivity contribution in [3.05, 3.63) is 63.5 Å². The van der Waals surface area contributed by atoms with Crippen molar-refractivity contribution in [2.45, 2.75) is 12.8 Å². The van der Waals surface area contributed by atoms with Gasteiger partial charge in [-0.2, -0.15) is 0 Å². The Morgan fingerprint density at radius 3 is 2.52 bits per heavy atom. The van der Waals surface area contributed by atoms with Crippen molar-refractivity contribution in [2.75, 3.05) is 31.7 Å². The quantitative estimate of drug-likeness (QED) is 0.303. The summed E-state index contributed by atoms with van der Waals surface area (Å²) >= 11 is 0. The molecule has 0 atom stereocenters. The third-order valence-electron chi connectivity index (χ3n) is 4.67. The maximum Gasteiger partial charge on any atom is 0.340 e. The van der Waals surface area contributed by atoms with Gasteiger partial charge in [-0.05, 0) is 37.1 Å². The molecule has 1 aliphatic rings. The number of nitro benzene ring substituents is 1. The van der Waals surface area contributed by atoms with Crippen molar-refractivity contribution in [1.29, 1.82) is 0 Å². The molecule has 2 aromatic carbocycles. The van der Waals surface area contributed by atoms with Gasteiger partial charge in [0.25, 0.3) is 5.69 Å². The first-order chi connectivity index (χ1) is 13.9. The van der Waals surface area contributed by atoms with Crippen molar-refractivity contribution >= 4 is 23.1 Å². The number of carbonyl (C=O) groups is 2. The van der Waals surface area contributed by atoms with Gasteiger partial charge in [-0.3, -0.25) is 14.9 Å². The predicted molar refractivity (Wildman–Crippen MR) is 102 cm³/mol. The summed E-state index contributed by atoms with van der Waals surface area (Å²) < 4.78 is 23.6. The van der Waals surface area contributed by atoms with Gasteiger partial charge >= 0.3 is 5.97 Å². The fourth-order valence-corrected chi connectivity index (χ4v) is 3.17. The number of ether oxygens (including phenoxy) is 2. The van der Waals surface area contributed by atoms with Gasteiger partial charge in [0, 0.05) is 30.8 Å². The van der Waals surface area contributed by atoms with Crippen LogP contribution in [0.2, 0.25) is 0 Å². The number of hydrogen-bond donors (Lipinski definition) is 0. The molecular weight excluding hydrogens is 383 g/mol. The van der Waals surface area contributed by atoms with Crippen molar-refractivity contribution in [2.24, 2.45) is 0 Å². The molecule has 0 spiro atoms. The summed E-state index contributed by atoms with van der Waals surface area (Å²) in [6.45, 7) is 0.830. The zero-order chi connectivity index (χ0) is 21.0. The summed E-state index contributed by atoms with van der Waals surface area (Å²) in [5, 5.41) is 11.1. The van der Waals surface area contributed by atoms with E-state index in [1.165, 1.54) is 31.4 Å².